The van der Waals surface area contributed by atoms with Gasteiger partial charge in [-0.25, -0.2) is 0 Å². The van der Waals surface area contributed by atoms with E-state index in [-0.39, 0.29) is 52.1 Å². The maximum atomic E-state index is 15.0. The third kappa shape index (κ3) is 16.1. The molecule has 7 aromatic carbocycles. The molecule has 12 nitrogen and oxygen atoms in total. The zero-order valence-electron chi connectivity index (χ0n) is 44.5. The topological polar surface area (TPSA) is 114 Å². The molecule has 0 saturated carbocycles. The normalized spacial score (nSPS) is 21.6. The molecule has 0 N–H and O–H groups in total. The number of amides is 1. The van der Waals surface area contributed by atoms with Gasteiger partial charge in [-0.05, 0) is 45.4 Å². The van der Waals surface area contributed by atoms with Gasteiger partial charge in [0, 0.05) is 13.1 Å². The minimum Gasteiger partial charge on any atom is -0.462 e. The van der Waals surface area contributed by atoms with E-state index >= 15 is 4.79 Å². The van der Waals surface area contributed by atoms with Crippen molar-refractivity contribution in [2.24, 2.45) is 0 Å². The van der Waals surface area contributed by atoms with Crippen molar-refractivity contribution in [2.75, 3.05) is 32.8 Å². The van der Waals surface area contributed by atoms with Gasteiger partial charge in [-0.1, -0.05) is 219 Å². The number of carbonyl (C=O) groups is 2. The molecule has 0 unspecified atom stereocenters. The zero-order valence-corrected chi connectivity index (χ0v) is 44.5. The van der Waals surface area contributed by atoms with Gasteiger partial charge in [-0.15, -0.1) is 0 Å². The Morgan fingerprint density at radius 3 is 1.21 bits per heavy atom. The van der Waals surface area contributed by atoms with E-state index in [1.807, 2.05) is 219 Å². The number of nitrogens with zero attached hydrogens (tertiary/aromatic N) is 2. The van der Waals surface area contributed by atoms with Crippen LogP contribution in [-0.4, -0.2) is 103 Å². The summed E-state index contributed by atoms with van der Waals surface area (Å²) >= 11 is 0. The Hall–Kier alpha value is -6.84. The molecule has 1 amide bonds. The first-order chi connectivity index (χ1) is 38.5. The molecule has 7 aromatic rings. The molecule has 78 heavy (non-hydrogen) atoms. The first kappa shape index (κ1) is 55.9. The Bertz CT molecular complexity index is 2800. The Kier molecular flexibility index (Phi) is 21.3. The van der Waals surface area contributed by atoms with Crippen LogP contribution in [0.4, 0.5) is 0 Å². The molecule has 406 valence electrons. The number of esters is 1. The molecule has 2 heterocycles. The quantitative estimate of drug-likeness (QED) is 0.0437. The van der Waals surface area contributed by atoms with E-state index in [2.05, 4.69) is 4.90 Å². The van der Waals surface area contributed by atoms with Gasteiger partial charge in [0.05, 0.1) is 77.6 Å². The van der Waals surface area contributed by atoms with Gasteiger partial charge in [0.15, 0.2) is 6.10 Å². The fraction of sp³-hybridized carbons (Fsp3) is 0.333. The fourth-order valence-corrected chi connectivity index (χ4v) is 10.2. The van der Waals surface area contributed by atoms with Crippen LogP contribution < -0.4 is 0 Å². The highest BCUT2D eigenvalue weighted by atomic mass is 16.6. The number of hydrogen-bond donors (Lipinski definition) is 0. The van der Waals surface area contributed by atoms with Gasteiger partial charge in [-0.3, -0.25) is 14.5 Å². The SMILES string of the molecule is CCCN1C(=O)[C@H](OCc2ccccc2)[C@H](OCc2ccccc2)[C@H](OCc2ccccc2)[C@H]1COC(=O)CN1C[C@H](OCc2ccccc2)[C@H](OCc2ccccc2)[C@H](OCc2ccccc2)[C@H]1COCc1ccccc1. The average molecular weight is 1050 g/mol. The van der Waals surface area contributed by atoms with Crippen LogP contribution in [0.2, 0.25) is 0 Å². The van der Waals surface area contributed by atoms with Crippen molar-refractivity contribution in [2.45, 2.75) is 108 Å². The summed E-state index contributed by atoms with van der Waals surface area (Å²) in [5.74, 6) is -0.748. The minimum atomic E-state index is -1.02. The second-order valence-corrected chi connectivity index (χ2v) is 19.9. The number of carbonyl (C=O) groups excluding carboxylic acids is 2. The molecule has 0 spiro atoms. The highest BCUT2D eigenvalue weighted by Crippen LogP contribution is 2.32. The number of rotatable bonds is 28. The van der Waals surface area contributed by atoms with Crippen molar-refractivity contribution < 1.29 is 47.5 Å². The molecule has 0 radical (unpaired) electrons. The summed E-state index contributed by atoms with van der Waals surface area (Å²) < 4.78 is 54.2. The molecule has 12 heteroatoms. The second kappa shape index (κ2) is 29.8. The van der Waals surface area contributed by atoms with E-state index in [9.17, 15) is 4.79 Å². The molecular weight excluding hydrogens is 981 g/mol. The number of likely N-dealkylation sites (tertiary alicyclic amines) is 2. The smallest absolute Gasteiger partial charge is 0.320 e. The van der Waals surface area contributed by atoms with Crippen LogP contribution in [0, 0.1) is 0 Å². The van der Waals surface area contributed by atoms with Crippen LogP contribution in [-0.2, 0) is 93.7 Å². The Balaban J connectivity index is 1.02. The van der Waals surface area contributed by atoms with Crippen LogP contribution in [0.25, 0.3) is 0 Å². The third-order valence-electron chi connectivity index (χ3n) is 14.2. The molecular formula is C66H72N2O10. The summed E-state index contributed by atoms with van der Waals surface area (Å²) in [6.45, 7) is 4.48. The third-order valence-corrected chi connectivity index (χ3v) is 14.2. The largest absolute Gasteiger partial charge is 0.462 e. The van der Waals surface area contributed by atoms with Gasteiger partial charge in [0.25, 0.3) is 5.91 Å². The Morgan fingerprint density at radius 2 is 0.782 bits per heavy atom. The molecule has 0 bridgehead atoms. The molecule has 9 rings (SSSR count). The summed E-state index contributed by atoms with van der Waals surface area (Å²) in [7, 11) is 0. The molecule has 2 fully saturated rings. The molecule has 0 aliphatic carbocycles. The Morgan fingerprint density at radius 1 is 0.423 bits per heavy atom. The minimum absolute atomic E-state index is 0.137. The van der Waals surface area contributed by atoms with Gasteiger partial charge in [0.2, 0.25) is 0 Å². The molecule has 0 aromatic heterocycles. The predicted octanol–water partition coefficient (Wildman–Crippen LogP) is 10.6. The first-order valence-corrected chi connectivity index (χ1v) is 27.2. The maximum absolute atomic E-state index is 15.0. The van der Waals surface area contributed by atoms with Crippen molar-refractivity contribution >= 4 is 11.9 Å². The van der Waals surface area contributed by atoms with Crippen LogP contribution >= 0.6 is 0 Å². The van der Waals surface area contributed by atoms with Gasteiger partial charge in [0.1, 0.15) is 31.0 Å². The van der Waals surface area contributed by atoms with Crippen molar-refractivity contribution in [1.82, 2.24) is 9.80 Å². The lowest BCUT2D eigenvalue weighted by molar-refractivity contribution is -0.217. The number of hydrogen-bond acceptors (Lipinski definition) is 11. The van der Waals surface area contributed by atoms with E-state index in [1.54, 1.807) is 4.90 Å². The van der Waals surface area contributed by atoms with Crippen molar-refractivity contribution in [3.63, 3.8) is 0 Å². The van der Waals surface area contributed by atoms with E-state index in [0.717, 1.165) is 38.9 Å². The predicted molar refractivity (Wildman–Crippen MR) is 298 cm³/mol. The average Bonchev–Trinajstić information content (AvgIpc) is 3.59. The number of benzene rings is 7. The summed E-state index contributed by atoms with van der Waals surface area (Å²) in [6.07, 6.45) is -3.76. The summed E-state index contributed by atoms with van der Waals surface area (Å²) in [5, 5.41) is 0. The molecule has 8 atom stereocenters. The summed E-state index contributed by atoms with van der Waals surface area (Å²) in [5.41, 5.74) is 6.81. The van der Waals surface area contributed by atoms with Crippen LogP contribution in [0.15, 0.2) is 212 Å². The fourth-order valence-electron chi connectivity index (χ4n) is 10.2. The van der Waals surface area contributed by atoms with Gasteiger partial charge < -0.3 is 42.8 Å². The standard InChI is InChI=1S/C66H72N2O10/c1-2-38-68-58(62(75-44-53-30-16-6-17-31-53)64(77-46-55-34-20-8-21-35-55)65(66(68)70)78-47-56-36-22-9-23-37-56)49-73-60(69)40-67-39-59(72-42-51-26-12-4-13-27-51)63(76-45-54-32-18-7-19-33-54)61(74-43-52-28-14-5-15-29-52)57(67)48-71-41-50-24-10-3-11-25-50/h3-37,57-59,61-65H,2,38-49H2,1H3/t57-,58-,59+,61-,62-,63+,64-,65-/m1/s1. The van der Waals surface area contributed by atoms with Crippen molar-refractivity contribution in [3.05, 3.63) is 251 Å². The first-order valence-electron chi connectivity index (χ1n) is 27.2. The lowest BCUT2D eigenvalue weighted by Gasteiger charge is -2.48. The maximum Gasteiger partial charge on any atom is 0.320 e. The summed E-state index contributed by atoms with van der Waals surface area (Å²) in [6, 6.07) is 68.4. The van der Waals surface area contributed by atoms with Gasteiger partial charge >= 0.3 is 5.97 Å². The highest BCUT2D eigenvalue weighted by molar-refractivity contribution is 5.83. The molecule has 2 saturated heterocycles. The van der Waals surface area contributed by atoms with E-state index in [4.69, 9.17) is 37.9 Å². The van der Waals surface area contributed by atoms with Crippen molar-refractivity contribution in [3.8, 4) is 0 Å². The van der Waals surface area contributed by atoms with Crippen LogP contribution in [0.5, 0.6) is 0 Å². The van der Waals surface area contributed by atoms with E-state index in [1.165, 1.54) is 0 Å². The number of ether oxygens (including phenoxy) is 8. The van der Waals surface area contributed by atoms with E-state index in [0.29, 0.717) is 39.3 Å². The lowest BCUT2D eigenvalue weighted by Crippen LogP contribution is -2.67. The van der Waals surface area contributed by atoms with Crippen LogP contribution in [0.1, 0.15) is 52.3 Å². The number of piperidine rings is 2. The monoisotopic (exact) mass is 1050 g/mol. The molecule has 2 aliphatic rings. The molecule has 2 aliphatic heterocycles. The summed E-state index contributed by atoms with van der Waals surface area (Å²) in [4.78, 5) is 33.7. The Labute approximate surface area is 459 Å². The highest BCUT2D eigenvalue weighted by Gasteiger charge is 2.52. The van der Waals surface area contributed by atoms with E-state index < -0.39 is 54.7 Å². The second-order valence-electron chi connectivity index (χ2n) is 19.9. The lowest BCUT2D eigenvalue weighted by atomic mass is 9.92. The van der Waals surface area contributed by atoms with Gasteiger partial charge in [-0.2, -0.15) is 0 Å². The van der Waals surface area contributed by atoms with Crippen LogP contribution in [0.3, 0.4) is 0 Å². The van der Waals surface area contributed by atoms with Crippen molar-refractivity contribution in [1.29, 1.82) is 0 Å². The zero-order chi connectivity index (χ0) is 53.6.